The van der Waals surface area contributed by atoms with E-state index in [-0.39, 0.29) is 13.0 Å². The predicted molar refractivity (Wildman–Crippen MR) is 136 cm³/mol. The number of hydrogen-bond acceptors (Lipinski definition) is 7. The van der Waals surface area contributed by atoms with Gasteiger partial charge in [0, 0.05) is 35.6 Å². The second-order valence-corrected chi connectivity index (χ2v) is 9.51. The first-order chi connectivity index (χ1) is 16.8. The molecule has 0 amide bonds. The van der Waals surface area contributed by atoms with Gasteiger partial charge < -0.3 is 4.74 Å². The summed E-state index contributed by atoms with van der Waals surface area (Å²) in [6.45, 7) is 0.106. The maximum absolute atomic E-state index is 13.7. The first-order valence-corrected chi connectivity index (χ1v) is 11.9. The van der Waals surface area contributed by atoms with E-state index in [2.05, 4.69) is 16.2 Å². The quantitative estimate of drug-likeness (QED) is 0.336. The van der Waals surface area contributed by atoms with E-state index in [4.69, 9.17) is 27.9 Å². The highest BCUT2D eigenvalue weighted by atomic mass is 35.5. The minimum Gasteiger partial charge on any atom is -0.495 e. The van der Waals surface area contributed by atoms with Crippen molar-refractivity contribution < 1.29 is 4.74 Å². The Balaban J connectivity index is 1.86. The zero-order chi connectivity index (χ0) is 24.9. The zero-order valence-corrected chi connectivity index (χ0v) is 20.8. The molecule has 0 saturated carbocycles. The van der Waals surface area contributed by atoms with Crippen molar-refractivity contribution in [2.75, 3.05) is 7.11 Å². The Kier molecular flexibility index (Phi) is 5.84. The van der Waals surface area contributed by atoms with E-state index in [0.29, 0.717) is 53.0 Å². The van der Waals surface area contributed by atoms with Crippen molar-refractivity contribution in [3.63, 3.8) is 0 Å². The molecule has 4 aromatic heterocycles. The summed E-state index contributed by atoms with van der Waals surface area (Å²) in [7, 11) is 3.22. The molecule has 0 aliphatic rings. The molecule has 0 atom stereocenters. The number of aryl methyl sites for hydroxylation is 2. The van der Waals surface area contributed by atoms with Crippen molar-refractivity contribution in [3.05, 3.63) is 67.7 Å². The van der Waals surface area contributed by atoms with E-state index in [9.17, 15) is 14.9 Å². The number of nitriles is 1. The first-order valence-electron chi connectivity index (χ1n) is 10.3. The third kappa shape index (κ3) is 3.69. The summed E-state index contributed by atoms with van der Waals surface area (Å²) in [5.41, 5.74) is 0.856. The summed E-state index contributed by atoms with van der Waals surface area (Å²) in [5, 5.41) is 14.8. The molecule has 5 aromatic rings. The Morgan fingerprint density at radius 3 is 2.69 bits per heavy atom. The van der Waals surface area contributed by atoms with Gasteiger partial charge in [0.1, 0.15) is 10.4 Å². The molecule has 0 fully saturated rings. The highest BCUT2D eigenvalue weighted by molar-refractivity contribution is 7.22. The summed E-state index contributed by atoms with van der Waals surface area (Å²) >= 11 is 13.8. The molecule has 0 bridgehead atoms. The van der Waals surface area contributed by atoms with Crippen LogP contribution in [0, 0.1) is 11.3 Å². The number of nitrogens with zero attached hydrogens (tertiary/aromatic N) is 6. The number of pyridine rings is 1. The first kappa shape index (κ1) is 23.1. The Morgan fingerprint density at radius 2 is 1.94 bits per heavy atom. The van der Waals surface area contributed by atoms with Gasteiger partial charge >= 0.3 is 5.69 Å². The molecule has 0 radical (unpaired) electrons. The van der Waals surface area contributed by atoms with Gasteiger partial charge in [-0.05, 0) is 18.2 Å². The molecule has 9 nitrogen and oxygen atoms in total. The van der Waals surface area contributed by atoms with E-state index in [0.717, 1.165) is 4.57 Å². The van der Waals surface area contributed by atoms with Crippen LogP contribution in [0.3, 0.4) is 0 Å². The molecule has 0 spiro atoms. The lowest BCUT2D eigenvalue weighted by Gasteiger charge is -2.12. The van der Waals surface area contributed by atoms with Crippen LogP contribution in [0.2, 0.25) is 10.0 Å². The van der Waals surface area contributed by atoms with Crippen molar-refractivity contribution >= 4 is 55.7 Å². The number of rotatable bonds is 5. The molecule has 5 rings (SSSR count). The zero-order valence-electron chi connectivity index (χ0n) is 18.5. The number of ether oxygens (including phenoxy) is 1. The van der Waals surface area contributed by atoms with Crippen LogP contribution >= 0.6 is 34.5 Å². The van der Waals surface area contributed by atoms with Crippen LogP contribution in [0.15, 0.2) is 46.4 Å². The van der Waals surface area contributed by atoms with E-state index in [1.54, 1.807) is 42.3 Å². The predicted octanol–water partition coefficient (Wildman–Crippen LogP) is 4.39. The average Bonchev–Trinajstić information content (AvgIpc) is 3.44. The monoisotopic (exact) mass is 526 g/mol. The maximum Gasteiger partial charge on any atom is 0.336 e. The third-order valence-electron chi connectivity index (χ3n) is 5.64. The van der Waals surface area contributed by atoms with E-state index >= 15 is 0 Å². The molecule has 0 unspecified atom stereocenters. The SMILES string of the molecule is COc1cc(-c2cc3c(s2)c(=O)n(-c2cncc4cnn(C)c24)c(=O)n3CCC#N)c(Cl)cc1Cl. The van der Waals surface area contributed by atoms with Crippen LogP contribution < -0.4 is 16.0 Å². The molecule has 0 aliphatic carbocycles. The van der Waals surface area contributed by atoms with Gasteiger partial charge in [0.15, 0.2) is 0 Å². The number of methoxy groups -OCH3 is 1. The summed E-state index contributed by atoms with van der Waals surface area (Å²) in [6.07, 6.45) is 4.77. The van der Waals surface area contributed by atoms with Crippen LogP contribution in [0.1, 0.15) is 6.42 Å². The Labute approximate surface area is 211 Å². The largest absolute Gasteiger partial charge is 0.495 e. The minimum atomic E-state index is -0.572. The van der Waals surface area contributed by atoms with E-state index in [1.807, 2.05) is 0 Å². The highest BCUT2D eigenvalue weighted by Crippen LogP contribution is 2.40. The van der Waals surface area contributed by atoms with E-state index in [1.165, 1.54) is 29.2 Å². The molecule has 35 heavy (non-hydrogen) atoms. The van der Waals surface area contributed by atoms with Gasteiger partial charge in [0.25, 0.3) is 5.56 Å². The number of hydrogen-bond donors (Lipinski definition) is 0. The number of thiophene rings is 1. The van der Waals surface area contributed by atoms with Crippen LogP contribution in [0.5, 0.6) is 5.75 Å². The van der Waals surface area contributed by atoms with E-state index < -0.39 is 11.2 Å². The molecule has 12 heteroatoms. The Hall–Kier alpha value is -3.65. The fraction of sp³-hybridized carbons (Fsp3) is 0.174. The summed E-state index contributed by atoms with van der Waals surface area (Å²) in [6, 6.07) is 7.04. The Morgan fingerprint density at radius 1 is 1.14 bits per heavy atom. The number of aromatic nitrogens is 5. The van der Waals surface area contributed by atoms with Crippen molar-refractivity contribution in [1.82, 2.24) is 23.9 Å². The molecule has 0 saturated heterocycles. The Bertz CT molecular complexity index is 1790. The molecule has 0 N–H and O–H groups in total. The second kappa shape index (κ2) is 8.85. The molecule has 1 aromatic carbocycles. The lowest BCUT2D eigenvalue weighted by Crippen LogP contribution is -2.38. The summed E-state index contributed by atoms with van der Waals surface area (Å²) < 4.78 is 9.75. The maximum atomic E-state index is 13.7. The fourth-order valence-corrected chi connectivity index (χ4v) is 5.76. The van der Waals surface area contributed by atoms with Crippen molar-refractivity contribution in [3.8, 4) is 27.9 Å². The van der Waals surface area contributed by atoms with Gasteiger partial charge in [-0.25, -0.2) is 9.36 Å². The van der Waals surface area contributed by atoms with Gasteiger partial charge in [-0.1, -0.05) is 23.2 Å². The van der Waals surface area contributed by atoms with Crippen LogP contribution in [-0.4, -0.2) is 31.0 Å². The smallest absolute Gasteiger partial charge is 0.336 e. The molecule has 4 heterocycles. The standard InChI is InChI=1S/C23H16Cl2N6O3S/c1-29-20-12(10-28-29)9-27-11-17(20)31-22(32)21-16(30(23(31)33)5-3-4-26)8-19(35-21)13-6-18(34-2)15(25)7-14(13)24/h6-11H,3,5H2,1-2H3. The minimum absolute atomic E-state index is 0.0854. The third-order valence-corrected chi connectivity index (χ3v) is 7.39. The molecule has 176 valence electrons. The van der Waals surface area contributed by atoms with Gasteiger partial charge in [-0.3, -0.25) is 19.0 Å². The topological polar surface area (TPSA) is 108 Å². The number of halogens is 2. The normalized spacial score (nSPS) is 11.3. The fourth-order valence-electron chi connectivity index (χ4n) is 4.02. The average molecular weight is 527 g/mol. The van der Waals surface area contributed by atoms with Gasteiger partial charge in [-0.15, -0.1) is 11.3 Å². The second-order valence-electron chi connectivity index (χ2n) is 7.64. The summed E-state index contributed by atoms with van der Waals surface area (Å²) in [4.78, 5) is 32.2. The van der Waals surface area contributed by atoms with Crippen LogP contribution in [-0.2, 0) is 13.6 Å². The van der Waals surface area contributed by atoms with Crippen molar-refractivity contribution in [2.45, 2.75) is 13.0 Å². The van der Waals surface area contributed by atoms with Gasteiger partial charge in [0.2, 0.25) is 0 Å². The molecular weight excluding hydrogens is 511 g/mol. The summed E-state index contributed by atoms with van der Waals surface area (Å²) in [5.74, 6) is 0.428. The highest BCUT2D eigenvalue weighted by Gasteiger charge is 2.22. The van der Waals surface area contributed by atoms with Gasteiger partial charge in [-0.2, -0.15) is 10.4 Å². The number of benzene rings is 1. The van der Waals surface area contributed by atoms with Gasteiger partial charge in [0.05, 0.1) is 58.8 Å². The lowest BCUT2D eigenvalue weighted by molar-refractivity contribution is 0.415. The van der Waals surface area contributed by atoms with Crippen LogP contribution in [0.25, 0.3) is 37.2 Å². The van der Waals surface area contributed by atoms with Crippen LogP contribution in [0.4, 0.5) is 0 Å². The molecular formula is C23H16Cl2N6O3S. The van der Waals surface area contributed by atoms with Crippen molar-refractivity contribution in [1.29, 1.82) is 5.26 Å². The lowest BCUT2D eigenvalue weighted by atomic mass is 10.1. The number of fused-ring (bicyclic) bond motifs is 2. The molecule has 0 aliphatic heterocycles. The van der Waals surface area contributed by atoms with Crippen molar-refractivity contribution in [2.24, 2.45) is 7.05 Å².